The molecule has 13 nitrogen and oxygen atoms in total. The number of nitrogens with zero attached hydrogens (tertiary/aromatic N) is 2. The second-order valence-electron chi connectivity index (χ2n) is 14.2. The molecule has 0 fully saturated rings. The minimum absolute atomic E-state index is 0.0390. The molecule has 17 heteroatoms. The number of hydrogen-bond donors (Lipinski definition) is 3. The molecule has 0 saturated heterocycles. The Labute approximate surface area is 328 Å². The van der Waals surface area contributed by atoms with E-state index in [4.69, 9.17) is 27.6 Å². The van der Waals surface area contributed by atoms with Crippen LogP contribution in [0, 0.1) is 18.8 Å². The Morgan fingerprint density at radius 2 is 1.57 bits per heavy atom. The summed E-state index contributed by atoms with van der Waals surface area (Å²) in [6, 6.07) is 0. The van der Waals surface area contributed by atoms with Gasteiger partial charge in [-0.1, -0.05) is 80.1 Å². The van der Waals surface area contributed by atoms with Crippen molar-refractivity contribution in [2.75, 3.05) is 26.6 Å². The number of thioether (sulfide) groups is 1. The van der Waals surface area contributed by atoms with Crippen molar-refractivity contribution in [3.05, 3.63) is 41.1 Å². The number of alkyl carbamates (subject to hydrolysis) is 1. The van der Waals surface area contributed by atoms with E-state index in [2.05, 4.69) is 108 Å². The number of nitrogens with one attached hydrogen (secondary N) is 2. The van der Waals surface area contributed by atoms with Crippen molar-refractivity contribution in [1.29, 1.82) is 0 Å². The van der Waals surface area contributed by atoms with Gasteiger partial charge >= 0.3 is 12.1 Å². The molecule has 296 valence electrons. The molecule has 2 unspecified atom stereocenters. The van der Waals surface area contributed by atoms with Gasteiger partial charge in [-0.2, -0.15) is 17.6 Å². The van der Waals surface area contributed by atoms with Gasteiger partial charge in [0.15, 0.2) is 28.3 Å². The third-order valence-corrected chi connectivity index (χ3v) is 17.3. The van der Waals surface area contributed by atoms with Crippen molar-refractivity contribution in [2.24, 2.45) is 11.8 Å². The molecule has 2 N–H and O–H groups in total. The fourth-order valence-electron chi connectivity index (χ4n) is 4.73. The summed E-state index contributed by atoms with van der Waals surface area (Å²) in [5.41, 5.74) is 1.09. The van der Waals surface area contributed by atoms with Gasteiger partial charge in [0, 0.05) is 11.1 Å². The maximum atomic E-state index is 14.0. The second-order valence-corrected chi connectivity index (χ2v) is 21.3. The summed E-state index contributed by atoms with van der Waals surface area (Å²) in [6.07, 6.45) is 0.750. The van der Waals surface area contributed by atoms with E-state index in [0.29, 0.717) is 40.0 Å². The number of rotatable bonds is 20. The quantitative estimate of drug-likeness (QED) is 0.0390. The number of hydrogen-bond acceptors (Lipinski definition) is 13. The number of amides is 2. The fourth-order valence-corrected chi connectivity index (χ4v) is 8.99. The first-order valence-corrected chi connectivity index (χ1v) is 22.9. The number of benzene rings is 1. The van der Waals surface area contributed by atoms with Crippen molar-refractivity contribution in [2.45, 2.75) is 110 Å². The summed E-state index contributed by atoms with van der Waals surface area (Å²) in [7, 11) is -0.414. The standard InChI is InChI=1S/C36H58N4O9S2Si2/c1-16-18-46-34(43)37-19-23-38-31(47-40-23)29(50)30(41)39-32(51-17-2)25-24(33(42)45-13)22(7)26(44-12)28(49-53(15)36(10,11)21(5)6)27(25)48-52(14)35(8,9)20(3)4/h16,20-21,29,32,50H,1,17-19H2,2-15H3,(H,37,43)(H,39,41). The number of methoxy groups -OCH3 is 2. The van der Waals surface area contributed by atoms with Crippen LogP contribution in [0.15, 0.2) is 17.2 Å². The SMILES string of the molecule is C=CCOC(=O)NCc1noc(C(S)C(=O)NC(SCC)c2c(O[Si](C)C(C)(C)C(C)C)c(O[Si](C)C(C)(C)C(C)C)c(OC)c(C)c2C(=O)OC)n1. The second kappa shape index (κ2) is 20.0. The summed E-state index contributed by atoms with van der Waals surface area (Å²) in [5.74, 6) is 1.04. The maximum Gasteiger partial charge on any atom is 0.407 e. The van der Waals surface area contributed by atoms with Gasteiger partial charge in [0.05, 0.1) is 26.3 Å². The number of carbonyl (C=O) groups is 3. The maximum absolute atomic E-state index is 14.0. The monoisotopic (exact) mass is 810 g/mol. The molecule has 0 aliphatic rings. The zero-order valence-corrected chi connectivity index (χ0v) is 37.4. The largest absolute Gasteiger partial charge is 0.539 e. The summed E-state index contributed by atoms with van der Waals surface area (Å²) in [5, 5.41) is 6.98. The number of aromatic nitrogens is 2. The Hall–Kier alpha value is -3.16. The van der Waals surface area contributed by atoms with Gasteiger partial charge in [0.2, 0.25) is 11.8 Å². The van der Waals surface area contributed by atoms with Gasteiger partial charge in [-0.05, 0) is 47.7 Å². The van der Waals surface area contributed by atoms with Crippen molar-refractivity contribution < 1.29 is 42.0 Å². The number of ether oxygens (including phenoxy) is 3. The molecule has 2 amide bonds. The van der Waals surface area contributed by atoms with Crippen LogP contribution in [0.2, 0.25) is 23.2 Å². The van der Waals surface area contributed by atoms with Gasteiger partial charge in [-0.3, -0.25) is 4.79 Å². The topological polar surface area (TPSA) is 160 Å². The number of esters is 1. The highest BCUT2D eigenvalue weighted by Crippen LogP contribution is 2.53. The van der Waals surface area contributed by atoms with Crippen LogP contribution in [0.5, 0.6) is 17.2 Å². The summed E-state index contributed by atoms with van der Waals surface area (Å²) in [4.78, 5) is 43.9. The number of thiol groups is 1. The molecule has 1 aromatic heterocycles. The Balaban J connectivity index is 2.82. The summed E-state index contributed by atoms with van der Waals surface area (Å²) >= 11 is 5.92. The van der Waals surface area contributed by atoms with E-state index in [1.807, 2.05) is 6.92 Å². The molecule has 2 atom stereocenters. The van der Waals surface area contributed by atoms with Gasteiger partial charge in [-0.15, -0.1) is 11.8 Å². The highest BCUT2D eigenvalue weighted by atomic mass is 32.2. The molecular formula is C36H58N4O9S2Si2. The molecule has 0 spiro atoms. The average molecular weight is 811 g/mol. The fraction of sp³-hybridized carbons (Fsp3) is 0.639. The first kappa shape index (κ1) is 46.0. The highest BCUT2D eigenvalue weighted by Gasteiger charge is 2.42. The third kappa shape index (κ3) is 11.2. The van der Waals surface area contributed by atoms with Crippen LogP contribution in [0.4, 0.5) is 4.79 Å². The van der Waals surface area contributed by atoms with E-state index < -0.39 is 46.7 Å². The average Bonchev–Trinajstić information content (AvgIpc) is 3.58. The van der Waals surface area contributed by atoms with E-state index in [9.17, 15) is 14.4 Å². The van der Waals surface area contributed by atoms with E-state index in [1.54, 1.807) is 6.92 Å². The van der Waals surface area contributed by atoms with Crippen LogP contribution >= 0.6 is 24.4 Å². The Morgan fingerprint density at radius 3 is 2.06 bits per heavy atom. The summed E-state index contributed by atoms with van der Waals surface area (Å²) < 4.78 is 35.7. The lowest BCUT2D eigenvalue weighted by Gasteiger charge is -2.38. The number of carbonyl (C=O) groups excluding carboxylic acids is 3. The van der Waals surface area contributed by atoms with Crippen molar-refractivity contribution in [3.63, 3.8) is 0 Å². The van der Waals surface area contributed by atoms with Crippen LogP contribution in [-0.2, 0) is 20.8 Å². The van der Waals surface area contributed by atoms with Crippen LogP contribution in [-0.4, -0.2) is 72.8 Å². The zero-order chi connectivity index (χ0) is 40.4. The highest BCUT2D eigenvalue weighted by molar-refractivity contribution is 7.99. The Kier molecular flexibility index (Phi) is 17.3. The zero-order valence-electron chi connectivity index (χ0n) is 33.6. The van der Waals surface area contributed by atoms with Crippen LogP contribution in [0.1, 0.15) is 106 Å². The third-order valence-electron chi connectivity index (χ3n) is 10.0. The van der Waals surface area contributed by atoms with Crippen LogP contribution < -0.4 is 24.2 Å². The van der Waals surface area contributed by atoms with Crippen LogP contribution in [0.25, 0.3) is 0 Å². The molecule has 2 rings (SSSR count). The molecule has 1 heterocycles. The minimum atomic E-state index is -1.67. The van der Waals surface area contributed by atoms with Gasteiger partial charge in [-0.25, -0.2) is 9.59 Å². The van der Waals surface area contributed by atoms with Gasteiger partial charge in [0.25, 0.3) is 18.1 Å². The minimum Gasteiger partial charge on any atom is -0.539 e. The smallest absolute Gasteiger partial charge is 0.407 e. The molecular weight excluding hydrogens is 753 g/mol. The molecule has 53 heavy (non-hydrogen) atoms. The van der Waals surface area contributed by atoms with E-state index in [1.165, 1.54) is 32.1 Å². The lowest BCUT2D eigenvalue weighted by atomic mass is 9.98. The molecule has 0 saturated carbocycles. The van der Waals surface area contributed by atoms with Crippen molar-refractivity contribution >= 4 is 60.4 Å². The first-order chi connectivity index (χ1) is 24.7. The van der Waals surface area contributed by atoms with Crippen molar-refractivity contribution in [3.8, 4) is 17.2 Å². The molecule has 0 aliphatic carbocycles. The van der Waals surface area contributed by atoms with E-state index >= 15 is 0 Å². The Morgan fingerprint density at radius 1 is 1.00 bits per heavy atom. The van der Waals surface area contributed by atoms with Gasteiger partial charge in [0.1, 0.15) is 12.0 Å². The lowest BCUT2D eigenvalue weighted by Crippen LogP contribution is -2.38. The Bertz CT molecular complexity index is 1590. The normalized spacial score (nSPS) is 13.2. The molecule has 2 aromatic rings. The molecule has 0 aliphatic heterocycles. The summed E-state index contributed by atoms with van der Waals surface area (Å²) in [6.45, 7) is 28.7. The van der Waals surface area contributed by atoms with Crippen molar-refractivity contribution in [1.82, 2.24) is 20.8 Å². The molecule has 0 bridgehead atoms. The van der Waals surface area contributed by atoms with E-state index in [-0.39, 0.29) is 46.4 Å². The predicted molar refractivity (Wildman–Crippen MR) is 215 cm³/mol. The van der Waals surface area contributed by atoms with Gasteiger partial charge < -0.3 is 38.2 Å². The molecule has 1 aromatic carbocycles. The molecule has 2 radical (unpaired) electrons. The van der Waals surface area contributed by atoms with Crippen LogP contribution in [0.3, 0.4) is 0 Å². The first-order valence-electron chi connectivity index (χ1n) is 17.5. The van der Waals surface area contributed by atoms with E-state index in [0.717, 1.165) is 0 Å². The lowest BCUT2D eigenvalue weighted by molar-refractivity contribution is -0.121. The predicted octanol–water partition coefficient (Wildman–Crippen LogP) is 8.00.